The zero-order valence-electron chi connectivity index (χ0n) is 11.1. The van der Waals surface area contributed by atoms with E-state index in [1.807, 2.05) is 13.8 Å². The number of aryl methyl sites for hydroxylation is 2. The van der Waals surface area contributed by atoms with Crippen LogP contribution in [0.15, 0.2) is 4.52 Å². The predicted octanol–water partition coefficient (Wildman–Crippen LogP) is 1.72. The number of hydrogen-bond donors (Lipinski definition) is 1. The lowest BCUT2D eigenvalue weighted by molar-refractivity contribution is 0.236. The van der Waals surface area contributed by atoms with E-state index in [9.17, 15) is 0 Å². The van der Waals surface area contributed by atoms with Gasteiger partial charge in [-0.05, 0) is 52.7 Å². The highest BCUT2D eigenvalue weighted by atomic mass is 16.5. The third-order valence-corrected chi connectivity index (χ3v) is 3.58. The van der Waals surface area contributed by atoms with E-state index >= 15 is 0 Å². The molecule has 96 valence electrons. The molecule has 0 saturated carbocycles. The lowest BCUT2D eigenvalue weighted by Crippen LogP contribution is -2.36. The maximum Gasteiger partial charge on any atom is 0.138 e. The van der Waals surface area contributed by atoms with E-state index in [0.29, 0.717) is 0 Å². The molecule has 0 spiro atoms. The van der Waals surface area contributed by atoms with Crippen molar-refractivity contribution in [3.63, 3.8) is 0 Å². The number of nitrogens with one attached hydrogen (secondary N) is 1. The molecule has 1 saturated heterocycles. The smallest absolute Gasteiger partial charge is 0.138 e. The third-order valence-electron chi connectivity index (χ3n) is 3.58. The molecule has 1 aromatic heterocycles. The molecule has 0 aliphatic carbocycles. The molecule has 0 radical (unpaired) electrons. The number of aromatic nitrogens is 1. The van der Waals surface area contributed by atoms with Gasteiger partial charge in [-0.1, -0.05) is 5.16 Å². The SMILES string of the molecule is Cc1noc(C)c1CN(C)CC1CCCNC1. The van der Waals surface area contributed by atoms with Gasteiger partial charge in [0.25, 0.3) is 0 Å². The van der Waals surface area contributed by atoms with Gasteiger partial charge in [0.1, 0.15) is 5.76 Å². The Balaban J connectivity index is 1.86. The molecule has 1 atom stereocenters. The Bertz CT molecular complexity index is 336. The van der Waals surface area contributed by atoms with Gasteiger partial charge in [-0.25, -0.2) is 0 Å². The topological polar surface area (TPSA) is 41.3 Å². The van der Waals surface area contributed by atoms with Crippen LogP contribution >= 0.6 is 0 Å². The second-order valence-corrected chi connectivity index (χ2v) is 5.21. The first kappa shape index (κ1) is 12.6. The summed E-state index contributed by atoms with van der Waals surface area (Å²) in [5, 5.41) is 7.47. The van der Waals surface area contributed by atoms with Crippen molar-refractivity contribution < 1.29 is 4.52 Å². The maximum absolute atomic E-state index is 5.20. The molecule has 2 rings (SSSR count). The second kappa shape index (κ2) is 5.65. The second-order valence-electron chi connectivity index (χ2n) is 5.21. The molecular weight excluding hydrogens is 214 g/mol. The molecule has 4 heteroatoms. The van der Waals surface area contributed by atoms with Gasteiger partial charge in [0.05, 0.1) is 5.69 Å². The summed E-state index contributed by atoms with van der Waals surface area (Å²) in [4.78, 5) is 2.38. The zero-order valence-corrected chi connectivity index (χ0v) is 11.1. The van der Waals surface area contributed by atoms with Gasteiger partial charge in [0, 0.05) is 18.7 Å². The predicted molar refractivity (Wildman–Crippen MR) is 67.9 cm³/mol. The summed E-state index contributed by atoms with van der Waals surface area (Å²) in [6.45, 7) is 8.44. The third kappa shape index (κ3) is 3.30. The molecule has 0 amide bonds. The molecule has 0 aromatic carbocycles. The molecule has 1 unspecified atom stereocenters. The van der Waals surface area contributed by atoms with Crippen molar-refractivity contribution in [2.24, 2.45) is 5.92 Å². The average molecular weight is 237 g/mol. The zero-order chi connectivity index (χ0) is 12.3. The Morgan fingerprint density at radius 2 is 2.29 bits per heavy atom. The van der Waals surface area contributed by atoms with Crippen LogP contribution in [0.4, 0.5) is 0 Å². The summed E-state index contributed by atoms with van der Waals surface area (Å²) >= 11 is 0. The van der Waals surface area contributed by atoms with Gasteiger partial charge < -0.3 is 14.7 Å². The Morgan fingerprint density at radius 1 is 1.47 bits per heavy atom. The Labute approximate surface area is 103 Å². The number of hydrogen-bond acceptors (Lipinski definition) is 4. The minimum Gasteiger partial charge on any atom is -0.361 e. The molecule has 0 bridgehead atoms. The van der Waals surface area contributed by atoms with E-state index in [1.54, 1.807) is 0 Å². The summed E-state index contributed by atoms with van der Waals surface area (Å²) in [5.74, 6) is 1.74. The van der Waals surface area contributed by atoms with Crippen LogP contribution in [0.1, 0.15) is 29.9 Å². The van der Waals surface area contributed by atoms with Crippen molar-refractivity contribution in [3.8, 4) is 0 Å². The summed E-state index contributed by atoms with van der Waals surface area (Å²) < 4.78 is 5.20. The summed E-state index contributed by atoms with van der Waals surface area (Å²) in [6, 6.07) is 0. The first-order chi connectivity index (χ1) is 8.16. The first-order valence-electron chi connectivity index (χ1n) is 6.48. The minimum atomic E-state index is 0.786. The number of nitrogens with zero attached hydrogens (tertiary/aromatic N) is 2. The van der Waals surface area contributed by atoms with Crippen LogP contribution in [-0.4, -0.2) is 36.7 Å². The van der Waals surface area contributed by atoms with Crippen LogP contribution in [0.3, 0.4) is 0 Å². The van der Waals surface area contributed by atoms with Gasteiger partial charge in [0.15, 0.2) is 0 Å². The largest absolute Gasteiger partial charge is 0.361 e. The van der Waals surface area contributed by atoms with E-state index in [4.69, 9.17) is 4.52 Å². The standard InChI is InChI=1S/C13H23N3O/c1-10-13(11(2)17-15-10)9-16(3)8-12-5-4-6-14-7-12/h12,14H,4-9H2,1-3H3. The molecule has 1 N–H and O–H groups in total. The van der Waals surface area contributed by atoms with Crippen LogP contribution in [0, 0.1) is 19.8 Å². The van der Waals surface area contributed by atoms with E-state index in [1.165, 1.54) is 24.9 Å². The first-order valence-corrected chi connectivity index (χ1v) is 6.48. The van der Waals surface area contributed by atoms with Crippen LogP contribution in [-0.2, 0) is 6.54 Å². The fourth-order valence-electron chi connectivity index (χ4n) is 2.58. The maximum atomic E-state index is 5.20. The van der Waals surface area contributed by atoms with Gasteiger partial charge in [-0.2, -0.15) is 0 Å². The highest BCUT2D eigenvalue weighted by Crippen LogP contribution is 2.16. The highest BCUT2D eigenvalue weighted by molar-refractivity contribution is 5.20. The molecule has 1 aliphatic heterocycles. The molecule has 2 heterocycles. The fraction of sp³-hybridized carbons (Fsp3) is 0.769. The number of rotatable bonds is 4. The van der Waals surface area contributed by atoms with E-state index < -0.39 is 0 Å². The van der Waals surface area contributed by atoms with E-state index in [2.05, 4.69) is 22.4 Å². The van der Waals surface area contributed by atoms with Crippen LogP contribution in [0.2, 0.25) is 0 Å². The van der Waals surface area contributed by atoms with Crippen molar-refractivity contribution in [3.05, 3.63) is 17.0 Å². The van der Waals surface area contributed by atoms with Crippen molar-refractivity contribution in [1.82, 2.24) is 15.4 Å². The van der Waals surface area contributed by atoms with Crippen LogP contribution in [0.25, 0.3) is 0 Å². The van der Waals surface area contributed by atoms with Crippen LogP contribution < -0.4 is 5.32 Å². The molecule has 4 nitrogen and oxygen atoms in total. The van der Waals surface area contributed by atoms with E-state index in [-0.39, 0.29) is 0 Å². The molecule has 1 aliphatic rings. The van der Waals surface area contributed by atoms with Gasteiger partial charge >= 0.3 is 0 Å². The van der Waals surface area contributed by atoms with Crippen molar-refractivity contribution >= 4 is 0 Å². The molecule has 1 fully saturated rings. The van der Waals surface area contributed by atoms with Gasteiger partial charge in [-0.15, -0.1) is 0 Å². The normalized spacial score (nSPS) is 21.1. The lowest BCUT2D eigenvalue weighted by atomic mass is 9.99. The van der Waals surface area contributed by atoms with Crippen molar-refractivity contribution in [2.75, 3.05) is 26.7 Å². The lowest BCUT2D eigenvalue weighted by Gasteiger charge is -2.27. The fourth-order valence-corrected chi connectivity index (χ4v) is 2.58. The molecule has 17 heavy (non-hydrogen) atoms. The van der Waals surface area contributed by atoms with Gasteiger partial charge in [0.2, 0.25) is 0 Å². The highest BCUT2D eigenvalue weighted by Gasteiger charge is 2.17. The quantitative estimate of drug-likeness (QED) is 0.866. The monoisotopic (exact) mass is 237 g/mol. The van der Waals surface area contributed by atoms with Crippen molar-refractivity contribution in [2.45, 2.75) is 33.2 Å². The summed E-state index contributed by atoms with van der Waals surface area (Å²) in [5.41, 5.74) is 2.27. The summed E-state index contributed by atoms with van der Waals surface area (Å²) in [7, 11) is 2.18. The molecule has 1 aromatic rings. The Hall–Kier alpha value is -0.870. The average Bonchev–Trinajstić information content (AvgIpc) is 2.62. The Morgan fingerprint density at radius 3 is 2.88 bits per heavy atom. The molecular formula is C13H23N3O. The number of piperidine rings is 1. The van der Waals surface area contributed by atoms with Gasteiger partial charge in [-0.3, -0.25) is 0 Å². The minimum absolute atomic E-state index is 0.786. The van der Waals surface area contributed by atoms with E-state index in [0.717, 1.165) is 37.0 Å². The van der Waals surface area contributed by atoms with Crippen molar-refractivity contribution in [1.29, 1.82) is 0 Å². The van der Waals surface area contributed by atoms with Crippen LogP contribution in [0.5, 0.6) is 0 Å². The Kier molecular flexibility index (Phi) is 4.18. The summed E-state index contributed by atoms with van der Waals surface area (Å²) in [6.07, 6.45) is 2.66.